The van der Waals surface area contributed by atoms with Crippen LogP contribution in [0.3, 0.4) is 0 Å². The average molecular weight is 315 g/mol. The van der Waals surface area contributed by atoms with Gasteiger partial charge in [0.15, 0.2) is 15.5 Å². The number of carboxylic acid groups (broad SMARTS) is 1. The van der Waals surface area contributed by atoms with Crippen LogP contribution in [-0.4, -0.2) is 46.0 Å². The van der Waals surface area contributed by atoms with E-state index in [1.807, 2.05) is 0 Å². The van der Waals surface area contributed by atoms with Crippen molar-refractivity contribution in [1.29, 1.82) is 0 Å². The van der Waals surface area contributed by atoms with Crippen LogP contribution in [-0.2, 0) is 16.4 Å². The summed E-state index contributed by atoms with van der Waals surface area (Å²) in [5.74, 6) is -1.23. The lowest BCUT2D eigenvalue weighted by Crippen LogP contribution is -2.16. The van der Waals surface area contributed by atoms with Crippen LogP contribution in [0.2, 0.25) is 0 Å². The van der Waals surface area contributed by atoms with Crippen LogP contribution in [0, 0.1) is 0 Å². The number of nitrogens with zero attached hydrogens (tertiary/aromatic N) is 3. The van der Waals surface area contributed by atoms with E-state index in [1.165, 1.54) is 16.0 Å². The number of thiophene rings is 1. The number of aromatic nitrogens is 3. The Kier molecular flexibility index (Phi) is 4.19. The van der Waals surface area contributed by atoms with Crippen molar-refractivity contribution >= 4 is 27.1 Å². The number of hydrogen-bond donors (Lipinski definition) is 1. The molecule has 0 bridgehead atoms. The fraction of sp³-hybridized carbons (Fsp3) is 0.364. The summed E-state index contributed by atoms with van der Waals surface area (Å²) in [4.78, 5) is 11.9. The summed E-state index contributed by atoms with van der Waals surface area (Å²) in [6.45, 7) is 1.66. The first-order valence-corrected chi connectivity index (χ1v) is 8.56. The minimum atomic E-state index is -3.15. The topological polar surface area (TPSA) is 102 Å². The van der Waals surface area contributed by atoms with E-state index in [-0.39, 0.29) is 23.7 Å². The van der Waals surface area contributed by atoms with Gasteiger partial charge in [0.2, 0.25) is 0 Å². The normalized spacial score (nSPS) is 11.7. The van der Waals surface area contributed by atoms with Gasteiger partial charge in [0.1, 0.15) is 5.69 Å². The molecular formula is C11H13N3O4S2. The fourth-order valence-electron chi connectivity index (χ4n) is 1.64. The van der Waals surface area contributed by atoms with E-state index in [1.54, 1.807) is 24.4 Å². The molecule has 0 unspecified atom stereocenters. The minimum absolute atomic E-state index is 0.0435. The Morgan fingerprint density at radius 1 is 1.50 bits per heavy atom. The highest BCUT2D eigenvalue weighted by molar-refractivity contribution is 7.91. The molecule has 2 rings (SSSR count). The van der Waals surface area contributed by atoms with E-state index in [4.69, 9.17) is 5.11 Å². The van der Waals surface area contributed by atoms with Crippen molar-refractivity contribution in [3.8, 4) is 10.6 Å². The molecule has 0 saturated heterocycles. The van der Waals surface area contributed by atoms with E-state index < -0.39 is 15.8 Å². The van der Waals surface area contributed by atoms with Gasteiger partial charge in [-0.25, -0.2) is 17.9 Å². The summed E-state index contributed by atoms with van der Waals surface area (Å²) >= 11 is 1.35. The molecule has 1 N–H and O–H groups in total. The summed E-state index contributed by atoms with van der Waals surface area (Å²) in [5.41, 5.74) is 0.181. The van der Waals surface area contributed by atoms with Gasteiger partial charge in [0, 0.05) is 5.75 Å². The molecule has 2 aromatic heterocycles. The fourth-order valence-corrected chi connectivity index (χ4v) is 3.16. The molecule has 20 heavy (non-hydrogen) atoms. The predicted molar refractivity (Wildman–Crippen MR) is 74.6 cm³/mol. The Bertz CT molecular complexity index is 704. The van der Waals surface area contributed by atoms with Crippen molar-refractivity contribution in [2.24, 2.45) is 0 Å². The third kappa shape index (κ3) is 3.05. The first-order chi connectivity index (χ1) is 9.44. The zero-order valence-corrected chi connectivity index (χ0v) is 12.3. The van der Waals surface area contributed by atoms with Crippen molar-refractivity contribution in [2.75, 3.05) is 11.5 Å². The molecular weight excluding hydrogens is 302 g/mol. The number of carbonyl (C=O) groups is 1. The summed E-state index contributed by atoms with van der Waals surface area (Å²) < 4.78 is 24.4. The van der Waals surface area contributed by atoms with Crippen molar-refractivity contribution in [2.45, 2.75) is 13.5 Å². The number of hydrogen-bond acceptors (Lipinski definition) is 6. The number of aryl methyl sites for hydroxylation is 1. The molecule has 0 spiro atoms. The molecule has 0 radical (unpaired) electrons. The predicted octanol–water partition coefficient (Wildman–Crippen LogP) is 1.14. The second-order valence-electron chi connectivity index (χ2n) is 4.03. The summed E-state index contributed by atoms with van der Waals surface area (Å²) in [5, 5.41) is 18.3. The Balaban J connectivity index is 2.37. The first kappa shape index (κ1) is 14.7. The van der Waals surface area contributed by atoms with Gasteiger partial charge in [-0.1, -0.05) is 18.2 Å². The molecule has 0 aliphatic carbocycles. The summed E-state index contributed by atoms with van der Waals surface area (Å²) in [7, 11) is -3.15. The zero-order chi connectivity index (χ0) is 14.8. The maximum atomic E-state index is 11.5. The van der Waals surface area contributed by atoms with Crippen molar-refractivity contribution in [1.82, 2.24) is 15.0 Å². The maximum absolute atomic E-state index is 11.5. The molecule has 0 amide bonds. The summed E-state index contributed by atoms with van der Waals surface area (Å²) in [6, 6.07) is 3.53. The lowest BCUT2D eigenvalue weighted by Gasteiger charge is -2.05. The first-order valence-electron chi connectivity index (χ1n) is 5.85. The van der Waals surface area contributed by atoms with E-state index >= 15 is 0 Å². The minimum Gasteiger partial charge on any atom is -0.476 e. The van der Waals surface area contributed by atoms with Crippen LogP contribution in [0.25, 0.3) is 10.6 Å². The monoisotopic (exact) mass is 315 g/mol. The van der Waals surface area contributed by atoms with Crippen molar-refractivity contribution < 1.29 is 18.3 Å². The maximum Gasteiger partial charge on any atom is 0.358 e. The van der Waals surface area contributed by atoms with Crippen molar-refractivity contribution in [3.63, 3.8) is 0 Å². The van der Waals surface area contributed by atoms with E-state index in [0.29, 0.717) is 10.6 Å². The highest BCUT2D eigenvalue weighted by atomic mass is 32.2. The number of aromatic carboxylic acids is 1. The zero-order valence-electron chi connectivity index (χ0n) is 10.7. The quantitative estimate of drug-likeness (QED) is 0.857. The SMILES string of the molecule is CCS(=O)(=O)CCn1nnc(C(=O)O)c1-c1cccs1. The lowest BCUT2D eigenvalue weighted by molar-refractivity contribution is 0.0691. The highest BCUT2D eigenvalue weighted by Gasteiger charge is 2.22. The van der Waals surface area contributed by atoms with Gasteiger partial charge in [0.25, 0.3) is 0 Å². The van der Waals surface area contributed by atoms with Crippen LogP contribution in [0.4, 0.5) is 0 Å². The Hall–Kier alpha value is -1.74. The van der Waals surface area contributed by atoms with Gasteiger partial charge < -0.3 is 5.11 Å². The summed E-state index contributed by atoms with van der Waals surface area (Å²) in [6.07, 6.45) is 0. The highest BCUT2D eigenvalue weighted by Crippen LogP contribution is 2.27. The van der Waals surface area contributed by atoms with Crippen LogP contribution >= 0.6 is 11.3 Å². The van der Waals surface area contributed by atoms with Crippen molar-refractivity contribution in [3.05, 3.63) is 23.2 Å². The molecule has 0 aromatic carbocycles. The molecule has 9 heteroatoms. The van der Waals surface area contributed by atoms with Crippen LogP contribution in [0.1, 0.15) is 17.4 Å². The Morgan fingerprint density at radius 3 is 2.80 bits per heavy atom. The molecule has 7 nitrogen and oxygen atoms in total. The number of rotatable bonds is 6. The third-order valence-electron chi connectivity index (χ3n) is 2.75. The Labute approximate surface area is 119 Å². The molecule has 0 saturated carbocycles. The molecule has 0 aliphatic rings. The van der Waals surface area contributed by atoms with Crippen LogP contribution < -0.4 is 0 Å². The number of carboxylic acids is 1. The van der Waals surface area contributed by atoms with Gasteiger partial charge in [-0.15, -0.1) is 16.4 Å². The largest absolute Gasteiger partial charge is 0.476 e. The van der Waals surface area contributed by atoms with Gasteiger partial charge >= 0.3 is 5.97 Å². The molecule has 2 aromatic rings. The molecule has 0 aliphatic heterocycles. The van der Waals surface area contributed by atoms with Crippen LogP contribution in [0.5, 0.6) is 0 Å². The van der Waals surface area contributed by atoms with Gasteiger partial charge in [-0.3, -0.25) is 0 Å². The standard InChI is InChI=1S/C11H13N3O4S2/c1-2-20(17,18)7-5-14-10(8-4-3-6-19-8)9(11(15)16)12-13-14/h3-4,6H,2,5,7H2,1H3,(H,15,16). The molecule has 2 heterocycles. The van der Waals surface area contributed by atoms with Gasteiger partial charge in [-0.05, 0) is 11.4 Å². The average Bonchev–Trinajstić information content (AvgIpc) is 3.04. The molecule has 0 atom stereocenters. The molecule has 0 fully saturated rings. The second kappa shape index (κ2) is 5.71. The second-order valence-corrected chi connectivity index (χ2v) is 7.45. The van der Waals surface area contributed by atoms with E-state index in [9.17, 15) is 13.2 Å². The van der Waals surface area contributed by atoms with Gasteiger partial charge in [-0.2, -0.15) is 0 Å². The van der Waals surface area contributed by atoms with Gasteiger partial charge in [0.05, 0.1) is 17.2 Å². The smallest absolute Gasteiger partial charge is 0.358 e. The Morgan fingerprint density at radius 2 is 2.25 bits per heavy atom. The van der Waals surface area contributed by atoms with E-state index in [2.05, 4.69) is 10.3 Å². The third-order valence-corrected chi connectivity index (χ3v) is 5.31. The van der Waals surface area contributed by atoms with Crippen LogP contribution in [0.15, 0.2) is 17.5 Å². The lowest BCUT2D eigenvalue weighted by atomic mass is 10.2. The number of sulfone groups is 1. The van der Waals surface area contributed by atoms with E-state index in [0.717, 1.165) is 0 Å². The molecule has 108 valence electrons.